The molecule has 0 aliphatic heterocycles. The van der Waals surface area contributed by atoms with Gasteiger partial charge in [0.1, 0.15) is 17.0 Å². The number of carbonyl (C=O) groups excluding carboxylic acids is 1. The van der Waals surface area contributed by atoms with Gasteiger partial charge in [-0.25, -0.2) is 4.39 Å². The first-order chi connectivity index (χ1) is 14.5. The molecule has 2 aromatic heterocycles. The molecule has 4 rings (SSSR count). The number of carbonyl (C=O) groups is 1. The summed E-state index contributed by atoms with van der Waals surface area (Å²) in [6, 6.07) is 19.0. The van der Waals surface area contributed by atoms with E-state index in [9.17, 15) is 14.0 Å². The molecule has 30 heavy (non-hydrogen) atoms. The first kappa shape index (κ1) is 19.5. The number of rotatable bonds is 4. The van der Waals surface area contributed by atoms with Crippen molar-refractivity contribution in [2.75, 3.05) is 7.05 Å². The molecular weight excluding hydrogens is 381 g/mol. The van der Waals surface area contributed by atoms with Crippen LogP contribution in [0.2, 0.25) is 0 Å². The zero-order chi connectivity index (χ0) is 21.3. The Hall–Kier alpha value is -3.80. The van der Waals surface area contributed by atoms with Gasteiger partial charge >= 0.3 is 0 Å². The molecule has 0 saturated heterocycles. The van der Waals surface area contributed by atoms with Crippen LogP contribution in [0.3, 0.4) is 0 Å². The molecule has 0 fully saturated rings. The Morgan fingerprint density at radius 3 is 2.43 bits per heavy atom. The zero-order valence-corrected chi connectivity index (χ0v) is 16.7. The molecule has 0 unspecified atom stereocenters. The number of hydrogen-bond acceptors (Lipinski definition) is 3. The molecule has 0 aliphatic rings. The fraction of sp³-hybridized carbons (Fsp3) is 0.125. The van der Waals surface area contributed by atoms with Crippen molar-refractivity contribution in [3.8, 4) is 11.1 Å². The van der Waals surface area contributed by atoms with Crippen LogP contribution in [0.25, 0.3) is 22.0 Å². The van der Waals surface area contributed by atoms with Gasteiger partial charge in [0, 0.05) is 37.8 Å². The van der Waals surface area contributed by atoms with E-state index in [-0.39, 0.29) is 28.5 Å². The molecule has 0 bridgehead atoms. The van der Waals surface area contributed by atoms with E-state index in [4.69, 9.17) is 0 Å². The van der Waals surface area contributed by atoms with E-state index in [1.807, 2.05) is 30.3 Å². The summed E-state index contributed by atoms with van der Waals surface area (Å²) in [7, 11) is 3.26. The highest BCUT2D eigenvalue weighted by Gasteiger charge is 2.24. The van der Waals surface area contributed by atoms with Crippen LogP contribution in [0.15, 0.2) is 77.7 Å². The Kier molecular flexibility index (Phi) is 5.14. The van der Waals surface area contributed by atoms with Crippen LogP contribution >= 0.6 is 0 Å². The normalized spacial score (nSPS) is 10.9. The van der Waals surface area contributed by atoms with Crippen LogP contribution in [0.1, 0.15) is 16.1 Å². The Labute approximate surface area is 173 Å². The van der Waals surface area contributed by atoms with Crippen molar-refractivity contribution >= 4 is 16.8 Å². The predicted molar refractivity (Wildman–Crippen MR) is 115 cm³/mol. The topological polar surface area (TPSA) is 55.2 Å². The predicted octanol–water partition coefficient (Wildman–Crippen LogP) is 4.01. The Morgan fingerprint density at radius 1 is 1.03 bits per heavy atom. The quantitative estimate of drug-likeness (QED) is 0.519. The van der Waals surface area contributed by atoms with Crippen LogP contribution in [0, 0.1) is 5.82 Å². The molecule has 6 heteroatoms. The van der Waals surface area contributed by atoms with Crippen LogP contribution < -0.4 is 5.56 Å². The van der Waals surface area contributed by atoms with E-state index >= 15 is 0 Å². The maximum absolute atomic E-state index is 13.5. The first-order valence-electron chi connectivity index (χ1n) is 9.50. The molecule has 0 saturated carbocycles. The van der Waals surface area contributed by atoms with Gasteiger partial charge in [0.25, 0.3) is 11.5 Å². The summed E-state index contributed by atoms with van der Waals surface area (Å²) in [6.07, 6.45) is 1.54. The smallest absolute Gasteiger partial charge is 0.277 e. The average Bonchev–Trinajstić information content (AvgIpc) is 2.77. The van der Waals surface area contributed by atoms with Crippen LogP contribution in [-0.2, 0) is 13.6 Å². The molecule has 1 amide bonds. The van der Waals surface area contributed by atoms with E-state index < -0.39 is 0 Å². The summed E-state index contributed by atoms with van der Waals surface area (Å²) in [4.78, 5) is 32.2. The molecule has 0 N–H and O–H groups in total. The molecule has 0 radical (unpaired) electrons. The second-order valence-electron chi connectivity index (χ2n) is 7.14. The highest BCUT2D eigenvalue weighted by molar-refractivity contribution is 6.07. The van der Waals surface area contributed by atoms with Gasteiger partial charge in [-0.1, -0.05) is 48.5 Å². The van der Waals surface area contributed by atoms with Crippen molar-refractivity contribution in [2.24, 2.45) is 7.05 Å². The highest BCUT2D eigenvalue weighted by Crippen LogP contribution is 2.30. The van der Waals surface area contributed by atoms with E-state index in [1.54, 1.807) is 49.5 Å². The standard InChI is InChI=1S/C24H20FN3O2/c1-27(15-16-7-4-3-5-8-16)24(30)22-20(17-10-12-18(25)13-11-17)19-9-6-14-26-21(19)23(29)28(22)2/h3-14H,15H2,1-2H3. The minimum atomic E-state index is -0.375. The van der Waals surface area contributed by atoms with Crippen molar-refractivity contribution in [1.29, 1.82) is 0 Å². The van der Waals surface area contributed by atoms with Crippen molar-refractivity contribution in [3.63, 3.8) is 0 Å². The Balaban J connectivity index is 1.93. The maximum Gasteiger partial charge on any atom is 0.277 e. The lowest BCUT2D eigenvalue weighted by molar-refractivity contribution is 0.0775. The van der Waals surface area contributed by atoms with Gasteiger partial charge in [0.2, 0.25) is 0 Å². The fourth-order valence-electron chi connectivity index (χ4n) is 3.60. The number of halogens is 1. The molecule has 150 valence electrons. The molecule has 2 heterocycles. The summed E-state index contributed by atoms with van der Waals surface area (Å²) in [6.45, 7) is 0.391. The number of fused-ring (bicyclic) bond motifs is 1. The summed E-state index contributed by atoms with van der Waals surface area (Å²) < 4.78 is 14.9. The molecular formula is C24H20FN3O2. The van der Waals surface area contributed by atoms with E-state index in [1.165, 1.54) is 16.7 Å². The number of amides is 1. The van der Waals surface area contributed by atoms with E-state index in [0.29, 0.717) is 23.1 Å². The van der Waals surface area contributed by atoms with Gasteiger partial charge in [-0.15, -0.1) is 0 Å². The molecule has 2 aromatic carbocycles. The third-order valence-corrected chi connectivity index (χ3v) is 5.10. The number of aromatic nitrogens is 2. The van der Waals surface area contributed by atoms with Gasteiger partial charge < -0.3 is 9.47 Å². The van der Waals surface area contributed by atoms with Gasteiger partial charge in [-0.05, 0) is 29.3 Å². The molecule has 4 aromatic rings. The summed E-state index contributed by atoms with van der Waals surface area (Å²) in [5.74, 6) is -0.677. The summed E-state index contributed by atoms with van der Waals surface area (Å²) >= 11 is 0. The van der Waals surface area contributed by atoms with Gasteiger partial charge in [-0.3, -0.25) is 14.6 Å². The summed E-state index contributed by atoms with van der Waals surface area (Å²) in [5, 5.41) is 0.559. The van der Waals surface area contributed by atoms with Crippen molar-refractivity contribution < 1.29 is 9.18 Å². The van der Waals surface area contributed by atoms with Gasteiger partial charge in [0.15, 0.2) is 0 Å². The number of benzene rings is 2. The Morgan fingerprint density at radius 2 is 1.73 bits per heavy atom. The van der Waals surface area contributed by atoms with E-state index in [0.717, 1.165) is 5.56 Å². The zero-order valence-electron chi connectivity index (χ0n) is 16.7. The molecule has 0 aliphatic carbocycles. The lowest BCUT2D eigenvalue weighted by atomic mass is 9.98. The van der Waals surface area contributed by atoms with Crippen molar-refractivity contribution in [1.82, 2.24) is 14.5 Å². The maximum atomic E-state index is 13.5. The highest BCUT2D eigenvalue weighted by atomic mass is 19.1. The second kappa shape index (κ2) is 7.91. The van der Waals surface area contributed by atoms with Crippen molar-refractivity contribution in [2.45, 2.75) is 6.54 Å². The minimum Gasteiger partial charge on any atom is -0.336 e. The lowest BCUT2D eigenvalue weighted by Crippen LogP contribution is -2.33. The first-order valence-corrected chi connectivity index (χ1v) is 9.50. The van der Waals surface area contributed by atoms with Crippen LogP contribution in [-0.4, -0.2) is 27.4 Å². The number of pyridine rings is 2. The Bertz CT molecular complexity index is 1280. The number of nitrogens with zero attached hydrogens (tertiary/aromatic N) is 3. The monoisotopic (exact) mass is 401 g/mol. The number of hydrogen-bond donors (Lipinski definition) is 0. The van der Waals surface area contributed by atoms with Crippen LogP contribution in [0.5, 0.6) is 0 Å². The van der Waals surface area contributed by atoms with Crippen molar-refractivity contribution in [3.05, 3.63) is 100 Å². The molecule has 5 nitrogen and oxygen atoms in total. The summed E-state index contributed by atoms with van der Waals surface area (Å²) in [5.41, 5.74) is 2.33. The minimum absolute atomic E-state index is 0.241. The van der Waals surface area contributed by atoms with E-state index in [2.05, 4.69) is 4.98 Å². The third kappa shape index (κ3) is 3.48. The average molecular weight is 401 g/mol. The lowest BCUT2D eigenvalue weighted by Gasteiger charge is -2.22. The third-order valence-electron chi connectivity index (χ3n) is 5.10. The van der Waals surface area contributed by atoms with Gasteiger partial charge in [-0.2, -0.15) is 0 Å². The second-order valence-corrected chi connectivity index (χ2v) is 7.14. The largest absolute Gasteiger partial charge is 0.336 e. The van der Waals surface area contributed by atoms with Crippen LogP contribution in [0.4, 0.5) is 4.39 Å². The van der Waals surface area contributed by atoms with Gasteiger partial charge in [0.05, 0.1) is 0 Å². The SMILES string of the molecule is CN(Cc1ccccc1)C(=O)c1c(-c2ccc(F)cc2)c2cccnc2c(=O)n1C. The fourth-order valence-corrected chi connectivity index (χ4v) is 3.60. The molecule has 0 atom stereocenters. The molecule has 0 spiro atoms.